The van der Waals surface area contributed by atoms with Gasteiger partial charge < -0.3 is 10.1 Å². The number of aryl methyl sites for hydroxylation is 2. The summed E-state index contributed by atoms with van der Waals surface area (Å²) in [7, 11) is -3.74. The van der Waals surface area contributed by atoms with Crippen molar-refractivity contribution in [3.8, 4) is 5.75 Å². The van der Waals surface area contributed by atoms with Crippen molar-refractivity contribution in [1.82, 2.24) is 0 Å². The third kappa shape index (κ3) is 6.11. The van der Waals surface area contributed by atoms with Crippen LogP contribution in [0.25, 0.3) is 0 Å². The van der Waals surface area contributed by atoms with Crippen LogP contribution in [0.3, 0.4) is 0 Å². The Hall–Kier alpha value is -3.32. The lowest BCUT2D eigenvalue weighted by molar-refractivity contribution is 0.102. The fraction of sp³-hybridized carbons (Fsp3) is 0.240. The van der Waals surface area contributed by atoms with Crippen LogP contribution >= 0.6 is 0 Å². The van der Waals surface area contributed by atoms with Crippen molar-refractivity contribution in [2.24, 2.45) is 0 Å². The highest BCUT2D eigenvalue weighted by atomic mass is 32.2. The van der Waals surface area contributed by atoms with Gasteiger partial charge in [0.25, 0.3) is 15.9 Å². The molecular weight excluding hydrogens is 424 g/mol. The maximum Gasteiger partial charge on any atom is 0.261 e. The number of unbranched alkanes of at least 4 members (excludes halogenated alkanes) is 1. The van der Waals surface area contributed by atoms with Crippen LogP contribution in [0.2, 0.25) is 0 Å². The Bertz CT molecular complexity index is 1190. The summed E-state index contributed by atoms with van der Waals surface area (Å²) in [6, 6.07) is 18.4. The maximum atomic E-state index is 12.7. The number of hydrogen-bond acceptors (Lipinski definition) is 4. The summed E-state index contributed by atoms with van der Waals surface area (Å²) < 4.78 is 33.6. The van der Waals surface area contributed by atoms with Crippen LogP contribution in [-0.4, -0.2) is 20.9 Å². The third-order valence-electron chi connectivity index (χ3n) is 5.04. The molecule has 7 heteroatoms. The summed E-state index contributed by atoms with van der Waals surface area (Å²) >= 11 is 0. The molecule has 6 nitrogen and oxygen atoms in total. The summed E-state index contributed by atoms with van der Waals surface area (Å²) in [6.45, 7) is 6.59. The summed E-state index contributed by atoms with van der Waals surface area (Å²) in [5, 5.41) is 2.79. The maximum absolute atomic E-state index is 12.7. The van der Waals surface area contributed by atoms with Crippen molar-refractivity contribution in [2.45, 2.75) is 38.5 Å². The van der Waals surface area contributed by atoms with Gasteiger partial charge in [-0.05, 0) is 86.0 Å². The van der Waals surface area contributed by atoms with Crippen LogP contribution in [0.4, 0.5) is 11.4 Å². The molecule has 0 bridgehead atoms. The Morgan fingerprint density at radius 3 is 2.31 bits per heavy atom. The second-order valence-electron chi connectivity index (χ2n) is 7.61. The summed E-state index contributed by atoms with van der Waals surface area (Å²) in [5.41, 5.74) is 3.56. The molecule has 0 aliphatic carbocycles. The molecule has 0 atom stereocenters. The number of carbonyl (C=O) groups excluding carboxylic acids is 1. The van der Waals surface area contributed by atoms with Gasteiger partial charge in [0, 0.05) is 16.9 Å². The van der Waals surface area contributed by atoms with E-state index < -0.39 is 10.0 Å². The van der Waals surface area contributed by atoms with Crippen LogP contribution < -0.4 is 14.8 Å². The average Bonchev–Trinajstić information content (AvgIpc) is 2.77. The smallest absolute Gasteiger partial charge is 0.261 e. The van der Waals surface area contributed by atoms with Gasteiger partial charge in [0.05, 0.1) is 11.5 Å². The van der Waals surface area contributed by atoms with Crippen molar-refractivity contribution in [1.29, 1.82) is 0 Å². The van der Waals surface area contributed by atoms with E-state index in [0.29, 0.717) is 29.3 Å². The number of carbonyl (C=O) groups is 1. The SMILES string of the molecule is CCCCOc1cccc(C(=O)Nc2ccc(S(=O)(=O)Nc3ccc(C)c(C)c3)cc2)c1. The van der Waals surface area contributed by atoms with E-state index in [-0.39, 0.29) is 10.8 Å². The highest BCUT2D eigenvalue weighted by Crippen LogP contribution is 2.21. The fourth-order valence-corrected chi connectivity index (χ4v) is 4.05. The minimum atomic E-state index is -3.74. The van der Waals surface area contributed by atoms with Gasteiger partial charge in [-0.2, -0.15) is 0 Å². The van der Waals surface area contributed by atoms with Gasteiger partial charge in [0.2, 0.25) is 0 Å². The lowest BCUT2D eigenvalue weighted by Crippen LogP contribution is -2.14. The molecule has 168 valence electrons. The molecule has 0 fully saturated rings. The molecule has 0 saturated carbocycles. The van der Waals surface area contributed by atoms with E-state index in [9.17, 15) is 13.2 Å². The first kappa shape index (κ1) is 23.3. The van der Waals surface area contributed by atoms with Crippen molar-refractivity contribution in [3.63, 3.8) is 0 Å². The van der Waals surface area contributed by atoms with Gasteiger partial charge >= 0.3 is 0 Å². The normalized spacial score (nSPS) is 11.1. The largest absolute Gasteiger partial charge is 0.494 e. The van der Waals surface area contributed by atoms with Crippen LogP contribution in [0, 0.1) is 13.8 Å². The third-order valence-corrected chi connectivity index (χ3v) is 6.44. The first-order chi connectivity index (χ1) is 15.3. The van der Waals surface area contributed by atoms with E-state index in [1.165, 1.54) is 12.1 Å². The zero-order valence-electron chi connectivity index (χ0n) is 18.5. The van der Waals surface area contributed by atoms with Crippen LogP contribution in [-0.2, 0) is 10.0 Å². The van der Waals surface area contributed by atoms with Gasteiger partial charge in [-0.3, -0.25) is 9.52 Å². The molecule has 0 radical (unpaired) electrons. The number of nitrogens with one attached hydrogen (secondary N) is 2. The number of hydrogen-bond donors (Lipinski definition) is 2. The molecule has 3 aromatic rings. The number of sulfonamides is 1. The predicted molar refractivity (Wildman–Crippen MR) is 128 cm³/mol. The van der Waals surface area contributed by atoms with Gasteiger partial charge in [0.15, 0.2) is 0 Å². The Kier molecular flexibility index (Phi) is 7.53. The first-order valence-electron chi connectivity index (χ1n) is 10.5. The van der Waals surface area contributed by atoms with Gasteiger partial charge in [-0.25, -0.2) is 8.42 Å². The van der Waals surface area contributed by atoms with E-state index >= 15 is 0 Å². The van der Waals surface area contributed by atoms with Crippen LogP contribution in [0.5, 0.6) is 5.75 Å². The van der Waals surface area contributed by atoms with Gasteiger partial charge in [0.1, 0.15) is 5.75 Å². The molecule has 0 aliphatic rings. The quantitative estimate of drug-likeness (QED) is 0.418. The zero-order valence-corrected chi connectivity index (χ0v) is 19.3. The molecule has 3 rings (SSSR count). The second-order valence-corrected chi connectivity index (χ2v) is 9.30. The molecule has 1 amide bonds. The fourth-order valence-electron chi connectivity index (χ4n) is 3.00. The highest BCUT2D eigenvalue weighted by Gasteiger charge is 2.15. The lowest BCUT2D eigenvalue weighted by atomic mass is 10.1. The van der Waals surface area contributed by atoms with E-state index in [1.54, 1.807) is 42.5 Å². The van der Waals surface area contributed by atoms with Crippen molar-refractivity contribution >= 4 is 27.3 Å². The Morgan fingerprint density at radius 1 is 0.906 bits per heavy atom. The van der Waals surface area contributed by atoms with Crippen LogP contribution in [0.1, 0.15) is 41.3 Å². The monoisotopic (exact) mass is 452 g/mol. The number of benzene rings is 3. The highest BCUT2D eigenvalue weighted by molar-refractivity contribution is 7.92. The number of rotatable bonds is 9. The predicted octanol–water partition coefficient (Wildman–Crippen LogP) is 5.54. The molecule has 0 aliphatic heterocycles. The standard InChI is InChI=1S/C25H28N2O4S/c1-4-5-15-31-23-8-6-7-20(17-23)25(28)26-21-11-13-24(14-12-21)32(29,30)27-22-10-9-18(2)19(3)16-22/h6-14,16-17,27H,4-5,15H2,1-3H3,(H,26,28). The van der Waals surface area contributed by atoms with Crippen molar-refractivity contribution in [3.05, 3.63) is 83.4 Å². The Labute approximate surface area is 189 Å². The number of amides is 1. The summed E-state index contributed by atoms with van der Waals surface area (Å²) in [4.78, 5) is 12.7. The molecule has 3 aromatic carbocycles. The van der Waals surface area contributed by atoms with Crippen molar-refractivity contribution < 1.29 is 17.9 Å². The molecule has 0 aromatic heterocycles. The van der Waals surface area contributed by atoms with Gasteiger partial charge in [-0.15, -0.1) is 0 Å². The Balaban J connectivity index is 1.67. The van der Waals surface area contributed by atoms with E-state index in [0.717, 1.165) is 24.0 Å². The van der Waals surface area contributed by atoms with Gasteiger partial charge in [-0.1, -0.05) is 25.5 Å². The topological polar surface area (TPSA) is 84.5 Å². The average molecular weight is 453 g/mol. The first-order valence-corrected chi connectivity index (χ1v) is 12.0. The summed E-state index contributed by atoms with van der Waals surface area (Å²) in [6.07, 6.45) is 1.98. The minimum Gasteiger partial charge on any atom is -0.494 e. The Morgan fingerprint density at radius 2 is 1.62 bits per heavy atom. The molecule has 0 unspecified atom stereocenters. The lowest BCUT2D eigenvalue weighted by Gasteiger charge is -2.11. The zero-order chi connectivity index (χ0) is 23.1. The van der Waals surface area contributed by atoms with Crippen molar-refractivity contribution in [2.75, 3.05) is 16.6 Å². The van der Waals surface area contributed by atoms with E-state index in [4.69, 9.17) is 4.74 Å². The molecule has 0 heterocycles. The number of anilines is 2. The molecule has 0 spiro atoms. The number of ether oxygens (including phenoxy) is 1. The molecule has 2 N–H and O–H groups in total. The second kappa shape index (κ2) is 10.3. The molecular formula is C25H28N2O4S. The summed E-state index contributed by atoms with van der Waals surface area (Å²) in [5.74, 6) is 0.347. The molecule has 0 saturated heterocycles. The van der Waals surface area contributed by atoms with E-state index in [2.05, 4.69) is 17.0 Å². The minimum absolute atomic E-state index is 0.111. The van der Waals surface area contributed by atoms with E-state index in [1.807, 2.05) is 26.0 Å². The molecule has 32 heavy (non-hydrogen) atoms. The van der Waals surface area contributed by atoms with Crippen LogP contribution in [0.15, 0.2) is 71.6 Å².